The number of rotatable bonds is 5. The van der Waals surface area contributed by atoms with E-state index >= 15 is 0 Å². The highest BCUT2D eigenvalue weighted by Crippen LogP contribution is 2.22. The minimum Gasteiger partial charge on any atom is -0.489 e. The number of pyridine rings is 1. The van der Waals surface area contributed by atoms with Gasteiger partial charge in [0, 0.05) is 30.7 Å². The standard InChI is InChI=1S/C17H20N2O3/c20-17(14-6-10-21-11-7-14)19-9-12-22-15-5-1-3-13-4-2-8-18-16(13)15/h1-5,8,14H,6-7,9-12H2,(H,19,20). The molecule has 0 spiro atoms. The second-order valence-electron chi connectivity index (χ2n) is 5.36. The van der Waals surface area contributed by atoms with Gasteiger partial charge in [-0.2, -0.15) is 0 Å². The van der Waals surface area contributed by atoms with Crippen molar-refractivity contribution >= 4 is 16.8 Å². The lowest BCUT2D eigenvalue weighted by atomic mass is 9.99. The molecule has 1 aromatic carbocycles. The van der Waals surface area contributed by atoms with E-state index in [1.807, 2.05) is 30.3 Å². The lowest BCUT2D eigenvalue weighted by molar-refractivity contribution is -0.127. The number of carbonyl (C=O) groups is 1. The van der Waals surface area contributed by atoms with Gasteiger partial charge in [-0.05, 0) is 25.0 Å². The largest absolute Gasteiger partial charge is 0.489 e. The molecular formula is C17H20N2O3. The SMILES string of the molecule is O=C(NCCOc1cccc2cccnc12)C1CCOCC1. The molecule has 1 aliphatic heterocycles. The zero-order chi connectivity index (χ0) is 15.2. The zero-order valence-electron chi connectivity index (χ0n) is 12.5. The van der Waals surface area contributed by atoms with Crippen LogP contribution in [0.2, 0.25) is 0 Å². The fraction of sp³-hybridized carbons (Fsp3) is 0.412. The fourth-order valence-corrected chi connectivity index (χ4v) is 2.63. The predicted octanol–water partition coefficient (Wildman–Crippen LogP) is 2.16. The Morgan fingerprint density at radius 1 is 1.27 bits per heavy atom. The van der Waals surface area contributed by atoms with E-state index in [-0.39, 0.29) is 11.8 Å². The van der Waals surface area contributed by atoms with Crippen LogP contribution in [0.5, 0.6) is 5.75 Å². The number of aromatic nitrogens is 1. The summed E-state index contributed by atoms with van der Waals surface area (Å²) in [5.41, 5.74) is 0.848. The molecule has 1 aliphatic rings. The van der Waals surface area contributed by atoms with Crippen LogP contribution in [0.1, 0.15) is 12.8 Å². The summed E-state index contributed by atoms with van der Waals surface area (Å²) < 4.78 is 11.0. The smallest absolute Gasteiger partial charge is 0.223 e. The van der Waals surface area contributed by atoms with Gasteiger partial charge in [0.05, 0.1) is 6.54 Å². The maximum atomic E-state index is 12.0. The van der Waals surface area contributed by atoms with E-state index in [0.29, 0.717) is 26.4 Å². The first kappa shape index (κ1) is 14.8. The predicted molar refractivity (Wildman–Crippen MR) is 83.8 cm³/mol. The Bertz CT molecular complexity index is 633. The van der Waals surface area contributed by atoms with Gasteiger partial charge in [-0.1, -0.05) is 18.2 Å². The number of nitrogens with one attached hydrogen (secondary N) is 1. The van der Waals surface area contributed by atoms with Gasteiger partial charge in [-0.25, -0.2) is 0 Å². The van der Waals surface area contributed by atoms with Gasteiger partial charge in [-0.3, -0.25) is 9.78 Å². The zero-order valence-corrected chi connectivity index (χ0v) is 12.5. The molecule has 1 fully saturated rings. The summed E-state index contributed by atoms with van der Waals surface area (Å²) in [4.78, 5) is 16.3. The number of amides is 1. The third-order valence-electron chi connectivity index (χ3n) is 3.85. The molecular weight excluding hydrogens is 280 g/mol. The summed E-state index contributed by atoms with van der Waals surface area (Å²) in [6.45, 7) is 2.29. The van der Waals surface area contributed by atoms with Crippen molar-refractivity contribution in [3.8, 4) is 5.75 Å². The van der Waals surface area contributed by atoms with Crippen LogP contribution in [-0.2, 0) is 9.53 Å². The van der Waals surface area contributed by atoms with Gasteiger partial charge in [0.2, 0.25) is 5.91 Å². The first-order valence-electron chi connectivity index (χ1n) is 7.66. The van der Waals surface area contributed by atoms with Gasteiger partial charge >= 0.3 is 0 Å². The molecule has 1 aromatic heterocycles. The highest BCUT2D eigenvalue weighted by molar-refractivity contribution is 5.84. The van der Waals surface area contributed by atoms with Crippen LogP contribution in [0.25, 0.3) is 10.9 Å². The maximum Gasteiger partial charge on any atom is 0.223 e. The Hall–Kier alpha value is -2.14. The maximum absolute atomic E-state index is 12.0. The minimum absolute atomic E-state index is 0.0768. The van der Waals surface area contributed by atoms with Crippen LogP contribution in [0.3, 0.4) is 0 Å². The molecule has 0 radical (unpaired) electrons. The van der Waals surface area contributed by atoms with Crippen LogP contribution in [0, 0.1) is 5.92 Å². The summed E-state index contributed by atoms with van der Waals surface area (Å²) in [5.74, 6) is 0.925. The topological polar surface area (TPSA) is 60.5 Å². The molecule has 0 aliphatic carbocycles. The number of benzene rings is 1. The Labute approximate surface area is 129 Å². The number of fused-ring (bicyclic) bond motifs is 1. The van der Waals surface area contributed by atoms with Gasteiger partial charge in [0.1, 0.15) is 17.9 Å². The molecule has 0 bridgehead atoms. The van der Waals surface area contributed by atoms with E-state index < -0.39 is 0 Å². The van der Waals surface area contributed by atoms with Crippen LogP contribution >= 0.6 is 0 Å². The van der Waals surface area contributed by atoms with E-state index in [0.717, 1.165) is 29.5 Å². The van der Waals surface area contributed by atoms with E-state index in [1.54, 1.807) is 6.20 Å². The number of ether oxygens (including phenoxy) is 2. The fourth-order valence-electron chi connectivity index (χ4n) is 2.63. The molecule has 3 rings (SSSR count). The molecule has 1 saturated heterocycles. The van der Waals surface area contributed by atoms with Crippen LogP contribution in [-0.4, -0.2) is 37.3 Å². The van der Waals surface area contributed by atoms with Gasteiger partial charge in [0.25, 0.3) is 0 Å². The first-order chi connectivity index (χ1) is 10.8. The van der Waals surface area contributed by atoms with E-state index in [4.69, 9.17) is 9.47 Å². The summed E-state index contributed by atoms with van der Waals surface area (Å²) in [7, 11) is 0. The molecule has 116 valence electrons. The van der Waals surface area contributed by atoms with Crippen molar-refractivity contribution in [3.05, 3.63) is 36.5 Å². The lowest BCUT2D eigenvalue weighted by Crippen LogP contribution is -2.36. The van der Waals surface area contributed by atoms with Crippen molar-refractivity contribution in [3.63, 3.8) is 0 Å². The summed E-state index contributed by atoms with van der Waals surface area (Å²) in [5, 5.41) is 3.98. The molecule has 1 N–H and O–H groups in total. The van der Waals surface area contributed by atoms with Crippen molar-refractivity contribution in [1.82, 2.24) is 10.3 Å². The van der Waals surface area contributed by atoms with Crippen LogP contribution < -0.4 is 10.1 Å². The highest BCUT2D eigenvalue weighted by atomic mass is 16.5. The minimum atomic E-state index is 0.0768. The van der Waals surface area contributed by atoms with Gasteiger partial charge in [0.15, 0.2) is 0 Å². The summed E-state index contributed by atoms with van der Waals surface area (Å²) >= 11 is 0. The van der Waals surface area contributed by atoms with Gasteiger partial charge in [-0.15, -0.1) is 0 Å². The third kappa shape index (κ3) is 3.54. The van der Waals surface area contributed by atoms with Gasteiger partial charge < -0.3 is 14.8 Å². The molecule has 0 saturated carbocycles. The number of hydrogen-bond donors (Lipinski definition) is 1. The monoisotopic (exact) mass is 300 g/mol. The molecule has 1 amide bonds. The summed E-state index contributed by atoms with van der Waals surface area (Å²) in [6, 6.07) is 9.75. The van der Waals surface area contributed by atoms with Crippen molar-refractivity contribution in [2.45, 2.75) is 12.8 Å². The Morgan fingerprint density at radius 2 is 2.09 bits per heavy atom. The number of carbonyl (C=O) groups excluding carboxylic acids is 1. The Kier molecular flexibility index (Phi) is 4.85. The average molecular weight is 300 g/mol. The quantitative estimate of drug-likeness (QED) is 0.860. The van der Waals surface area contributed by atoms with Crippen molar-refractivity contribution in [2.24, 2.45) is 5.92 Å². The van der Waals surface area contributed by atoms with E-state index in [1.165, 1.54) is 0 Å². The number of para-hydroxylation sites is 1. The van der Waals surface area contributed by atoms with Crippen molar-refractivity contribution in [1.29, 1.82) is 0 Å². The van der Waals surface area contributed by atoms with E-state index in [9.17, 15) is 4.79 Å². The third-order valence-corrected chi connectivity index (χ3v) is 3.85. The average Bonchev–Trinajstić information content (AvgIpc) is 2.59. The number of nitrogens with zero attached hydrogens (tertiary/aromatic N) is 1. The molecule has 0 unspecified atom stereocenters. The van der Waals surface area contributed by atoms with Crippen LogP contribution in [0.4, 0.5) is 0 Å². The molecule has 2 aromatic rings. The number of hydrogen-bond acceptors (Lipinski definition) is 4. The first-order valence-corrected chi connectivity index (χ1v) is 7.66. The second-order valence-corrected chi connectivity index (χ2v) is 5.36. The molecule has 2 heterocycles. The lowest BCUT2D eigenvalue weighted by Gasteiger charge is -2.21. The highest BCUT2D eigenvalue weighted by Gasteiger charge is 2.20. The second kappa shape index (κ2) is 7.22. The Balaban J connectivity index is 1.49. The van der Waals surface area contributed by atoms with Crippen molar-refractivity contribution in [2.75, 3.05) is 26.4 Å². The normalized spacial score (nSPS) is 15.6. The summed E-state index contributed by atoms with van der Waals surface area (Å²) in [6.07, 6.45) is 3.36. The van der Waals surface area contributed by atoms with Crippen LogP contribution in [0.15, 0.2) is 36.5 Å². The van der Waals surface area contributed by atoms with E-state index in [2.05, 4.69) is 10.3 Å². The molecule has 22 heavy (non-hydrogen) atoms. The Morgan fingerprint density at radius 3 is 2.95 bits per heavy atom. The van der Waals surface area contributed by atoms with Crippen molar-refractivity contribution < 1.29 is 14.3 Å². The molecule has 5 nitrogen and oxygen atoms in total. The molecule has 0 atom stereocenters. The molecule has 5 heteroatoms.